The number of hydrogen-bond donors (Lipinski definition) is 2. The van der Waals surface area contributed by atoms with Gasteiger partial charge in [0.1, 0.15) is 10.7 Å². The number of rotatable bonds is 7. The van der Waals surface area contributed by atoms with Gasteiger partial charge in [0.15, 0.2) is 16.7 Å². The predicted octanol–water partition coefficient (Wildman–Crippen LogP) is 3.75. The molecular weight excluding hydrogens is 441 g/mol. The van der Waals surface area contributed by atoms with E-state index < -0.39 is 5.82 Å². The van der Waals surface area contributed by atoms with E-state index in [0.717, 1.165) is 42.6 Å². The van der Waals surface area contributed by atoms with Crippen LogP contribution in [0, 0.1) is 5.82 Å². The molecule has 0 saturated carbocycles. The summed E-state index contributed by atoms with van der Waals surface area (Å²) >= 11 is 1.16. The number of carbonyl (C=O) groups excluding carboxylic acids is 1. The minimum atomic E-state index is -0.595. The summed E-state index contributed by atoms with van der Waals surface area (Å²) < 4.78 is 18.9. The Morgan fingerprint density at radius 2 is 2.09 bits per heavy atom. The van der Waals surface area contributed by atoms with Gasteiger partial charge in [0.2, 0.25) is 5.78 Å². The zero-order chi connectivity index (χ0) is 23.5. The van der Waals surface area contributed by atoms with Crippen LogP contribution in [-0.2, 0) is 0 Å². The first-order valence-electron chi connectivity index (χ1n) is 11.1. The number of likely N-dealkylation sites (tertiary alicyclic amines) is 1. The molecule has 0 spiro atoms. The fraction of sp³-hybridized carbons (Fsp3) is 0.417. The Kier molecular flexibility index (Phi) is 7.11. The lowest BCUT2D eigenvalue weighted by Crippen LogP contribution is -2.45. The third kappa shape index (κ3) is 5.26. The maximum Gasteiger partial charge on any atom is 0.206 e. The number of nitrogens with two attached hydrogens (primary N) is 1. The summed E-state index contributed by atoms with van der Waals surface area (Å²) in [6, 6.07) is 5.17. The topological polar surface area (TPSA) is 83.7 Å². The monoisotopic (exact) mass is 471 g/mol. The lowest BCUT2D eigenvalue weighted by Gasteiger charge is -2.39. The Morgan fingerprint density at radius 3 is 2.70 bits per heavy atom. The van der Waals surface area contributed by atoms with Gasteiger partial charge in [-0.3, -0.25) is 9.69 Å². The van der Waals surface area contributed by atoms with E-state index in [4.69, 9.17) is 10.5 Å². The van der Waals surface area contributed by atoms with Gasteiger partial charge in [0.25, 0.3) is 0 Å². The lowest BCUT2D eigenvalue weighted by atomic mass is 9.99. The van der Waals surface area contributed by atoms with E-state index in [2.05, 4.69) is 52.4 Å². The van der Waals surface area contributed by atoms with E-state index in [1.807, 2.05) is 0 Å². The fourth-order valence-electron chi connectivity index (χ4n) is 4.32. The molecule has 1 unspecified atom stereocenters. The second-order valence-electron chi connectivity index (χ2n) is 8.59. The number of halogens is 1. The molecule has 1 atom stereocenters. The molecule has 1 saturated heterocycles. The van der Waals surface area contributed by atoms with Crippen molar-refractivity contribution >= 4 is 28.1 Å². The van der Waals surface area contributed by atoms with Gasteiger partial charge in [-0.15, -0.1) is 0 Å². The van der Waals surface area contributed by atoms with Gasteiger partial charge in [-0.05, 0) is 57.6 Å². The number of piperidine rings is 1. The van der Waals surface area contributed by atoms with Gasteiger partial charge in [0.05, 0.1) is 7.11 Å². The number of aromatic nitrogens is 1. The largest absolute Gasteiger partial charge is 0.494 e. The van der Waals surface area contributed by atoms with Crippen LogP contribution in [0.25, 0.3) is 0 Å². The van der Waals surface area contributed by atoms with E-state index in [1.54, 1.807) is 0 Å². The average Bonchev–Trinajstić information content (AvgIpc) is 3.18. The highest BCUT2D eigenvalue weighted by molar-refractivity contribution is 7.18. The number of hydrogen-bond acceptors (Lipinski definition) is 8. The summed E-state index contributed by atoms with van der Waals surface area (Å²) in [7, 11) is 5.69. The van der Waals surface area contributed by atoms with E-state index in [1.165, 1.54) is 32.1 Å². The zero-order valence-electron chi connectivity index (χ0n) is 19.2. The number of nitrogen functional groups attached to an aromatic ring is 1. The van der Waals surface area contributed by atoms with Gasteiger partial charge in [-0.25, -0.2) is 9.37 Å². The second kappa shape index (κ2) is 10.0. The van der Waals surface area contributed by atoms with E-state index >= 15 is 0 Å². The van der Waals surface area contributed by atoms with Crippen LogP contribution in [0.2, 0.25) is 0 Å². The first kappa shape index (κ1) is 23.4. The highest BCUT2D eigenvalue weighted by atomic mass is 32.1. The maximum absolute atomic E-state index is 14.0. The number of ketones is 1. The van der Waals surface area contributed by atoms with Crippen LogP contribution >= 0.6 is 11.3 Å². The van der Waals surface area contributed by atoms with Gasteiger partial charge < -0.3 is 20.7 Å². The lowest BCUT2D eigenvalue weighted by molar-refractivity contribution is 0.104. The molecule has 9 heteroatoms. The average molecular weight is 472 g/mol. The summed E-state index contributed by atoms with van der Waals surface area (Å²) in [5, 5.41) is 3.79. The van der Waals surface area contributed by atoms with Crippen molar-refractivity contribution in [3.05, 3.63) is 58.4 Å². The van der Waals surface area contributed by atoms with Gasteiger partial charge in [0, 0.05) is 36.4 Å². The summed E-state index contributed by atoms with van der Waals surface area (Å²) in [4.78, 5) is 22.3. The van der Waals surface area contributed by atoms with Crippen molar-refractivity contribution in [3.63, 3.8) is 0 Å². The molecule has 0 amide bonds. The molecule has 1 aromatic carbocycles. The minimum absolute atomic E-state index is 0.0857. The van der Waals surface area contributed by atoms with Crippen molar-refractivity contribution in [3.8, 4) is 5.75 Å². The van der Waals surface area contributed by atoms with Crippen LogP contribution in [0.5, 0.6) is 5.75 Å². The predicted molar refractivity (Wildman–Crippen MR) is 130 cm³/mol. The van der Waals surface area contributed by atoms with Crippen molar-refractivity contribution in [2.75, 3.05) is 45.3 Å². The molecule has 1 fully saturated rings. The van der Waals surface area contributed by atoms with Crippen LogP contribution in [0.3, 0.4) is 0 Å². The van der Waals surface area contributed by atoms with Crippen molar-refractivity contribution in [1.82, 2.24) is 14.8 Å². The van der Waals surface area contributed by atoms with E-state index in [-0.39, 0.29) is 27.8 Å². The van der Waals surface area contributed by atoms with Gasteiger partial charge in [-0.1, -0.05) is 23.5 Å². The molecule has 3 N–H and O–H groups in total. The smallest absolute Gasteiger partial charge is 0.206 e. The highest BCUT2D eigenvalue weighted by Crippen LogP contribution is 2.30. The van der Waals surface area contributed by atoms with Crippen LogP contribution in [0.1, 0.15) is 34.5 Å². The molecule has 7 nitrogen and oxygen atoms in total. The molecule has 2 aromatic rings. The molecule has 2 aliphatic rings. The van der Waals surface area contributed by atoms with Crippen LogP contribution in [0.4, 0.5) is 15.3 Å². The molecule has 33 heavy (non-hydrogen) atoms. The van der Waals surface area contributed by atoms with Crippen molar-refractivity contribution in [2.45, 2.75) is 31.3 Å². The first-order valence-corrected chi connectivity index (χ1v) is 11.9. The van der Waals surface area contributed by atoms with E-state index in [9.17, 15) is 9.18 Å². The Morgan fingerprint density at radius 1 is 1.33 bits per heavy atom. The number of ether oxygens (including phenoxy) is 1. The van der Waals surface area contributed by atoms with Crippen molar-refractivity contribution in [1.29, 1.82) is 0 Å². The Bertz CT molecular complexity index is 1070. The van der Waals surface area contributed by atoms with E-state index in [0.29, 0.717) is 17.2 Å². The number of carbonyl (C=O) groups is 1. The van der Waals surface area contributed by atoms with Crippen molar-refractivity contribution < 1.29 is 13.9 Å². The fourth-order valence-corrected chi connectivity index (χ4v) is 5.18. The number of thiazole rings is 1. The number of benzene rings is 1. The van der Waals surface area contributed by atoms with Crippen LogP contribution < -0.4 is 15.8 Å². The van der Waals surface area contributed by atoms with Crippen molar-refractivity contribution in [2.24, 2.45) is 0 Å². The summed E-state index contributed by atoms with van der Waals surface area (Å²) in [6.45, 7) is 2.21. The number of nitrogens with one attached hydrogen (secondary N) is 1. The molecule has 0 bridgehead atoms. The summed E-state index contributed by atoms with van der Waals surface area (Å²) in [5.41, 5.74) is 7.13. The first-order chi connectivity index (χ1) is 15.9. The number of methoxy groups -OCH3 is 1. The highest BCUT2D eigenvalue weighted by Gasteiger charge is 2.25. The standard InChI is InChI=1S/C24H30FN5O2S/c1-29(2)17-10-12-30(13-11-17)18-7-5-16(6-8-18)27-24-28-23(26)22(33-24)21(31)15-4-9-20(32-3)19(25)14-15/h4-7,9,14,17-18H,8,10-13,26H2,1-3H3,(H,27,28). The van der Waals surface area contributed by atoms with Gasteiger partial charge >= 0.3 is 0 Å². The third-order valence-corrected chi connectivity index (χ3v) is 7.29. The zero-order valence-corrected chi connectivity index (χ0v) is 20.0. The summed E-state index contributed by atoms with van der Waals surface area (Å²) in [6.07, 6.45) is 9.74. The molecule has 1 aliphatic carbocycles. The van der Waals surface area contributed by atoms with Gasteiger partial charge in [-0.2, -0.15) is 0 Å². The normalized spacial score (nSPS) is 19.5. The molecule has 4 rings (SSSR count). The summed E-state index contributed by atoms with van der Waals surface area (Å²) in [5.74, 6) is -0.745. The third-order valence-electron chi connectivity index (χ3n) is 6.30. The Balaban J connectivity index is 1.37. The molecule has 1 aromatic heterocycles. The van der Waals surface area contributed by atoms with Crippen LogP contribution in [0.15, 0.2) is 42.1 Å². The molecule has 0 radical (unpaired) electrons. The number of anilines is 2. The quantitative estimate of drug-likeness (QED) is 0.595. The molecular formula is C24H30FN5O2S. The Labute approximate surface area is 197 Å². The minimum Gasteiger partial charge on any atom is -0.494 e. The molecule has 1 aliphatic heterocycles. The number of allylic oxidation sites excluding steroid dienone is 1. The maximum atomic E-state index is 14.0. The Hall–Kier alpha value is -2.75. The van der Waals surface area contributed by atoms with Crippen LogP contribution in [-0.4, -0.2) is 66.9 Å². The SMILES string of the molecule is COc1ccc(C(=O)c2sc(NC3=CCC(N4CCC(N(C)C)CC4)C=C3)nc2N)cc1F. The molecule has 2 heterocycles. The molecule has 176 valence electrons. The second-order valence-corrected chi connectivity index (χ2v) is 9.59. The number of nitrogens with zero attached hydrogens (tertiary/aromatic N) is 3.